The first kappa shape index (κ1) is 23.8. The maximum Gasteiger partial charge on any atom is 0.267 e. The van der Waals surface area contributed by atoms with Gasteiger partial charge in [0.25, 0.3) is 7.82 Å². The molecule has 21 heavy (non-hydrogen) atoms. The molecule has 0 aromatic rings. The Morgan fingerprint density at radius 3 is 1.38 bits per heavy atom. The highest BCUT2D eigenvalue weighted by Gasteiger charge is 2.22. The van der Waals surface area contributed by atoms with Crippen LogP contribution in [-0.4, -0.2) is 38.4 Å². The van der Waals surface area contributed by atoms with Crippen LogP contribution >= 0.6 is 15.1 Å². The van der Waals surface area contributed by atoms with E-state index in [1.807, 2.05) is 13.8 Å². The molecule has 4 nitrogen and oxygen atoms in total. The van der Waals surface area contributed by atoms with E-state index in [1.54, 1.807) is 0 Å². The lowest BCUT2D eigenvalue weighted by Gasteiger charge is -2.22. The number of unbranched alkanes of at least 4 members (excludes halogenated alkanes) is 2. The molecule has 0 fully saturated rings. The molecule has 0 aliphatic rings. The minimum absolute atomic E-state index is 0.226. The monoisotopic (exact) mass is 342 g/mol. The number of phosphoric acid groups is 1. The fourth-order valence-corrected chi connectivity index (χ4v) is 3.47. The van der Waals surface area contributed by atoms with Crippen LogP contribution in [0.2, 0.25) is 0 Å². The van der Waals surface area contributed by atoms with E-state index in [2.05, 4.69) is 36.5 Å². The number of phosphoric ester groups is 1. The van der Waals surface area contributed by atoms with E-state index in [0.29, 0.717) is 0 Å². The number of rotatable bonds is 11. The fourth-order valence-electron chi connectivity index (χ4n) is 1.35. The van der Waals surface area contributed by atoms with Crippen LogP contribution in [0.3, 0.4) is 0 Å². The topological polar surface area (TPSA) is 58.6 Å². The van der Waals surface area contributed by atoms with Crippen LogP contribution < -0.4 is 4.89 Å². The summed E-state index contributed by atoms with van der Waals surface area (Å²) < 4.78 is 20.2. The molecule has 0 saturated carbocycles. The second kappa shape index (κ2) is 14.2. The largest absolute Gasteiger partial charge is 0.756 e. The van der Waals surface area contributed by atoms with Gasteiger partial charge in [-0.1, -0.05) is 26.7 Å². The van der Waals surface area contributed by atoms with Crippen LogP contribution in [0.25, 0.3) is 0 Å². The Bertz CT molecular complexity index is 246. The van der Waals surface area contributed by atoms with Crippen molar-refractivity contribution in [3.05, 3.63) is 0 Å². The van der Waals surface area contributed by atoms with Crippen LogP contribution in [0, 0.1) is 0 Å². The lowest BCUT2D eigenvalue weighted by Crippen LogP contribution is -2.09. The van der Waals surface area contributed by atoms with Crippen molar-refractivity contribution in [2.45, 2.75) is 60.3 Å². The highest BCUT2D eigenvalue weighted by atomic mass is 31.2. The summed E-state index contributed by atoms with van der Waals surface area (Å²) in [6.45, 7) is 13.8. The molecule has 0 saturated heterocycles. The standard InChI is InChI=1S/C8H19O4P.C7H18P/c1-3-5-7-11-13(9,10)12-8-6-4-2;1-5-8(4,6-2)7-3/h3-8H2,1-2H3,(H,9,10);5-7H2,1-4H3/q;+1/p-1. The molecular weight excluding hydrogens is 306 g/mol. The van der Waals surface area contributed by atoms with Gasteiger partial charge in [-0.05, 0) is 33.6 Å². The normalized spacial score (nSPS) is 12.0. The second-order valence-electron chi connectivity index (χ2n) is 5.39. The SMILES string of the molecule is CCCCOP(=O)([O-])OCCCC.CC[P+](C)(CC)CC. The summed E-state index contributed by atoms with van der Waals surface area (Å²) in [6, 6.07) is 0. The Labute approximate surface area is 133 Å². The first-order valence-electron chi connectivity index (χ1n) is 8.24. The van der Waals surface area contributed by atoms with E-state index in [4.69, 9.17) is 0 Å². The molecule has 0 rings (SSSR count). The summed E-state index contributed by atoms with van der Waals surface area (Å²) in [7, 11) is -4.41. The summed E-state index contributed by atoms with van der Waals surface area (Å²) in [6.07, 6.45) is 7.59. The van der Waals surface area contributed by atoms with E-state index in [1.165, 1.54) is 18.5 Å². The molecule has 0 spiro atoms. The molecule has 0 radical (unpaired) electrons. The molecule has 0 aromatic heterocycles. The van der Waals surface area contributed by atoms with Gasteiger partial charge < -0.3 is 13.9 Å². The third-order valence-corrected chi connectivity index (χ3v) is 9.36. The molecule has 0 bridgehead atoms. The minimum atomic E-state index is -4.00. The van der Waals surface area contributed by atoms with Gasteiger partial charge in [-0.2, -0.15) is 0 Å². The first-order valence-corrected chi connectivity index (χ1v) is 12.5. The summed E-state index contributed by atoms with van der Waals surface area (Å²) in [4.78, 5) is 11.0. The van der Waals surface area contributed by atoms with E-state index in [9.17, 15) is 9.46 Å². The molecule has 0 amide bonds. The van der Waals surface area contributed by atoms with E-state index in [-0.39, 0.29) is 13.2 Å². The molecule has 130 valence electrons. The van der Waals surface area contributed by atoms with Crippen LogP contribution in [0.4, 0.5) is 0 Å². The zero-order valence-corrected chi connectivity index (χ0v) is 16.7. The summed E-state index contributed by atoms with van der Waals surface area (Å²) in [5.74, 6) is 0. The molecule has 6 heteroatoms. The van der Waals surface area contributed by atoms with E-state index < -0.39 is 15.1 Å². The van der Waals surface area contributed by atoms with Gasteiger partial charge in [-0.3, -0.25) is 4.57 Å². The molecule has 0 heterocycles. The summed E-state index contributed by atoms with van der Waals surface area (Å²) >= 11 is 0. The van der Waals surface area contributed by atoms with Crippen LogP contribution in [0.5, 0.6) is 0 Å². The second-order valence-corrected chi connectivity index (χ2v) is 11.9. The van der Waals surface area contributed by atoms with Crippen molar-refractivity contribution in [2.24, 2.45) is 0 Å². The maximum absolute atomic E-state index is 11.0. The molecule has 0 aromatic carbocycles. The number of hydrogen-bond donors (Lipinski definition) is 0. The van der Waals surface area contributed by atoms with Gasteiger partial charge in [-0.25, -0.2) is 0 Å². The van der Waals surface area contributed by atoms with Crippen molar-refractivity contribution in [1.82, 2.24) is 0 Å². The maximum atomic E-state index is 11.0. The van der Waals surface area contributed by atoms with Gasteiger partial charge in [0.05, 0.1) is 31.7 Å². The Morgan fingerprint density at radius 1 is 0.857 bits per heavy atom. The Kier molecular flexibility index (Phi) is 16.0. The van der Waals surface area contributed by atoms with Crippen molar-refractivity contribution in [3.63, 3.8) is 0 Å². The minimum Gasteiger partial charge on any atom is -0.756 e. The van der Waals surface area contributed by atoms with Crippen LogP contribution in [-0.2, 0) is 13.6 Å². The predicted molar refractivity (Wildman–Crippen MR) is 93.8 cm³/mol. The first-order chi connectivity index (χ1) is 9.80. The fraction of sp³-hybridized carbons (Fsp3) is 1.00. The average molecular weight is 342 g/mol. The third kappa shape index (κ3) is 15.2. The van der Waals surface area contributed by atoms with Gasteiger partial charge >= 0.3 is 0 Å². The van der Waals surface area contributed by atoms with Gasteiger partial charge in [0.1, 0.15) is 0 Å². The number of hydrogen-bond acceptors (Lipinski definition) is 4. The molecule has 0 aliphatic heterocycles. The highest BCUT2D eigenvalue weighted by Crippen LogP contribution is 2.53. The Hall–Kier alpha value is 0.540. The smallest absolute Gasteiger partial charge is 0.267 e. The molecular formula is C15H36O4P2. The van der Waals surface area contributed by atoms with E-state index in [0.717, 1.165) is 25.7 Å². The molecule has 0 unspecified atom stereocenters. The van der Waals surface area contributed by atoms with Crippen LogP contribution in [0.1, 0.15) is 60.3 Å². The quantitative estimate of drug-likeness (QED) is 0.400. The molecule has 0 aliphatic carbocycles. The van der Waals surface area contributed by atoms with Gasteiger partial charge in [-0.15, -0.1) is 0 Å². The van der Waals surface area contributed by atoms with Crippen molar-refractivity contribution in [1.29, 1.82) is 0 Å². The van der Waals surface area contributed by atoms with Gasteiger partial charge in [0.15, 0.2) is 0 Å². The van der Waals surface area contributed by atoms with E-state index >= 15 is 0 Å². The summed E-state index contributed by atoms with van der Waals surface area (Å²) in [5, 5.41) is 0. The molecule has 0 atom stereocenters. The van der Waals surface area contributed by atoms with Crippen molar-refractivity contribution in [3.8, 4) is 0 Å². The predicted octanol–water partition coefficient (Wildman–Crippen LogP) is 4.78. The van der Waals surface area contributed by atoms with Crippen molar-refractivity contribution >= 4 is 15.1 Å². The lowest BCUT2D eigenvalue weighted by atomic mass is 10.4. The lowest BCUT2D eigenvalue weighted by molar-refractivity contribution is -0.225. The van der Waals surface area contributed by atoms with Crippen molar-refractivity contribution < 1.29 is 18.5 Å². The van der Waals surface area contributed by atoms with Crippen LogP contribution in [0.15, 0.2) is 0 Å². The zero-order valence-electron chi connectivity index (χ0n) is 14.9. The van der Waals surface area contributed by atoms with Gasteiger partial charge in [0.2, 0.25) is 0 Å². The molecule has 0 N–H and O–H groups in total. The third-order valence-electron chi connectivity index (χ3n) is 3.78. The Morgan fingerprint density at radius 2 is 1.19 bits per heavy atom. The Balaban J connectivity index is 0. The highest BCUT2D eigenvalue weighted by molar-refractivity contribution is 7.75. The van der Waals surface area contributed by atoms with Crippen molar-refractivity contribution in [2.75, 3.05) is 38.4 Å². The average Bonchev–Trinajstić information content (AvgIpc) is 2.47. The van der Waals surface area contributed by atoms with Gasteiger partial charge in [0, 0.05) is 13.9 Å². The summed E-state index contributed by atoms with van der Waals surface area (Å²) in [5.41, 5.74) is 0. The zero-order chi connectivity index (χ0) is 16.8.